The van der Waals surface area contributed by atoms with Gasteiger partial charge in [-0.1, -0.05) is 57.9 Å². The molecule has 1 amide bonds. The van der Waals surface area contributed by atoms with Crippen LogP contribution in [0.25, 0.3) is 0 Å². The van der Waals surface area contributed by atoms with Crippen LogP contribution in [0, 0.1) is 11.8 Å². The zero-order valence-corrected chi connectivity index (χ0v) is 12.9. The summed E-state index contributed by atoms with van der Waals surface area (Å²) >= 11 is 9.50. The SMILES string of the molecule is NC(=O)CC(C1=CCC(Br)C=C1)C1C=CC(Cl)=CC1. The van der Waals surface area contributed by atoms with Gasteiger partial charge in [0.2, 0.25) is 5.91 Å². The molecule has 2 N–H and O–H groups in total. The van der Waals surface area contributed by atoms with Gasteiger partial charge in [0, 0.05) is 16.3 Å². The first kappa shape index (κ1) is 14.6. The van der Waals surface area contributed by atoms with Crippen LogP contribution in [0.15, 0.2) is 47.1 Å². The van der Waals surface area contributed by atoms with E-state index in [1.165, 1.54) is 5.57 Å². The molecule has 0 aliphatic heterocycles. The highest BCUT2D eigenvalue weighted by atomic mass is 79.9. The van der Waals surface area contributed by atoms with Crippen LogP contribution in [0.5, 0.6) is 0 Å². The van der Waals surface area contributed by atoms with Gasteiger partial charge < -0.3 is 5.73 Å². The van der Waals surface area contributed by atoms with E-state index in [2.05, 4.69) is 40.2 Å². The van der Waals surface area contributed by atoms with Crippen LogP contribution >= 0.6 is 27.5 Å². The summed E-state index contributed by atoms with van der Waals surface area (Å²) in [5, 5.41) is 0.766. The van der Waals surface area contributed by atoms with Crippen LogP contribution in [-0.2, 0) is 4.79 Å². The molecule has 0 heterocycles. The minimum atomic E-state index is -0.255. The largest absolute Gasteiger partial charge is 0.370 e. The molecule has 0 bridgehead atoms. The summed E-state index contributed by atoms with van der Waals surface area (Å²) in [4.78, 5) is 11.7. The quantitative estimate of drug-likeness (QED) is 0.775. The van der Waals surface area contributed by atoms with E-state index in [-0.39, 0.29) is 17.7 Å². The third kappa shape index (κ3) is 4.08. The summed E-state index contributed by atoms with van der Waals surface area (Å²) in [7, 11) is 0. The third-order valence-electron chi connectivity index (χ3n) is 3.53. The summed E-state index contributed by atoms with van der Waals surface area (Å²) < 4.78 is 0. The number of halogens is 2. The number of alkyl halides is 1. The fraction of sp³-hybridized carbons (Fsp3) is 0.400. The van der Waals surface area contributed by atoms with Crippen LogP contribution < -0.4 is 5.73 Å². The van der Waals surface area contributed by atoms with Gasteiger partial charge in [-0.15, -0.1) is 0 Å². The number of rotatable bonds is 4. The van der Waals surface area contributed by atoms with Crippen molar-refractivity contribution in [3.63, 3.8) is 0 Å². The van der Waals surface area contributed by atoms with Crippen LogP contribution in [-0.4, -0.2) is 10.7 Å². The Morgan fingerprint density at radius 1 is 1.37 bits per heavy atom. The molecule has 19 heavy (non-hydrogen) atoms. The smallest absolute Gasteiger partial charge is 0.218 e. The molecule has 102 valence electrons. The molecule has 0 spiro atoms. The second-order valence-corrected chi connectivity index (χ2v) is 6.55. The molecule has 0 radical (unpaired) electrons. The van der Waals surface area contributed by atoms with Crippen molar-refractivity contribution < 1.29 is 4.79 Å². The van der Waals surface area contributed by atoms with Gasteiger partial charge in [0.15, 0.2) is 0 Å². The van der Waals surface area contributed by atoms with Crippen LogP contribution in [0.1, 0.15) is 19.3 Å². The Morgan fingerprint density at radius 2 is 2.16 bits per heavy atom. The number of primary amides is 1. The van der Waals surface area contributed by atoms with E-state index in [0.717, 1.165) is 17.9 Å². The van der Waals surface area contributed by atoms with Gasteiger partial charge in [-0.25, -0.2) is 0 Å². The number of nitrogens with two attached hydrogens (primary N) is 1. The molecule has 0 aromatic heterocycles. The minimum absolute atomic E-state index is 0.144. The number of amides is 1. The maximum atomic E-state index is 11.3. The zero-order chi connectivity index (χ0) is 13.8. The number of hydrogen-bond donors (Lipinski definition) is 1. The van der Waals surface area contributed by atoms with E-state index in [0.29, 0.717) is 11.2 Å². The molecule has 0 saturated heterocycles. The lowest BCUT2D eigenvalue weighted by atomic mass is 9.78. The molecule has 0 saturated carbocycles. The first-order valence-corrected chi connectivity index (χ1v) is 7.70. The summed E-state index contributed by atoms with van der Waals surface area (Å²) in [5.41, 5.74) is 6.60. The molecule has 0 aromatic carbocycles. The number of allylic oxidation sites excluding steroid dienone is 8. The first-order chi connectivity index (χ1) is 9.06. The number of carbonyl (C=O) groups excluding carboxylic acids is 1. The van der Waals surface area contributed by atoms with E-state index in [9.17, 15) is 4.79 Å². The van der Waals surface area contributed by atoms with Crippen molar-refractivity contribution in [2.45, 2.75) is 24.1 Å². The highest BCUT2D eigenvalue weighted by Gasteiger charge is 2.25. The Kier molecular flexibility index (Phi) is 5.06. The Hall–Kier alpha value is -0.800. The molecule has 3 atom stereocenters. The second kappa shape index (κ2) is 6.58. The minimum Gasteiger partial charge on any atom is -0.370 e. The van der Waals surface area contributed by atoms with E-state index < -0.39 is 0 Å². The normalized spacial score (nSPS) is 27.7. The maximum Gasteiger partial charge on any atom is 0.218 e. The van der Waals surface area contributed by atoms with Gasteiger partial charge in [-0.2, -0.15) is 0 Å². The standard InChI is InChI=1S/C15H17BrClNO/c16-12-5-1-10(2-6-12)14(9-15(18)19)11-3-7-13(17)8-4-11/h1-3,5,7-8,11-12,14H,4,6,9H2,(H2,18,19). The van der Waals surface area contributed by atoms with Crippen LogP contribution in [0.3, 0.4) is 0 Å². The van der Waals surface area contributed by atoms with Crippen molar-refractivity contribution >= 4 is 33.4 Å². The van der Waals surface area contributed by atoms with E-state index in [1.54, 1.807) is 0 Å². The fourth-order valence-electron chi connectivity index (χ4n) is 2.53. The number of hydrogen-bond acceptors (Lipinski definition) is 1. The highest BCUT2D eigenvalue weighted by molar-refractivity contribution is 9.09. The van der Waals surface area contributed by atoms with Gasteiger partial charge in [0.1, 0.15) is 0 Å². The Labute approximate surface area is 127 Å². The summed E-state index contributed by atoms with van der Waals surface area (Å²) in [6.07, 6.45) is 14.6. The van der Waals surface area contributed by atoms with E-state index >= 15 is 0 Å². The molecule has 0 aromatic rings. The predicted octanol–water partition coefficient (Wildman–Crippen LogP) is 3.83. The Balaban J connectivity index is 2.15. The first-order valence-electron chi connectivity index (χ1n) is 6.40. The second-order valence-electron chi connectivity index (χ2n) is 4.94. The molecule has 3 unspecified atom stereocenters. The van der Waals surface area contributed by atoms with Crippen LogP contribution in [0.4, 0.5) is 0 Å². The van der Waals surface area contributed by atoms with Gasteiger partial charge in [-0.3, -0.25) is 4.79 Å². The third-order valence-corrected chi connectivity index (χ3v) is 4.49. The van der Waals surface area contributed by atoms with Gasteiger partial charge in [0.05, 0.1) is 0 Å². The lowest BCUT2D eigenvalue weighted by molar-refractivity contribution is -0.118. The Morgan fingerprint density at radius 3 is 2.68 bits per heavy atom. The van der Waals surface area contributed by atoms with Gasteiger partial charge in [-0.05, 0) is 36.3 Å². The molecular weight excluding hydrogens is 326 g/mol. The average molecular weight is 343 g/mol. The van der Waals surface area contributed by atoms with Crippen molar-refractivity contribution in [2.75, 3.05) is 0 Å². The van der Waals surface area contributed by atoms with Crippen molar-refractivity contribution in [2.24, 2.45) is 17.6 Å². The van der Waals surface area contributed by atoms with Crippen molar-refractivity contribution in [1.82, 2.24) is 0 Å². The van der Waals surface area contributed by atoms with E-state index in [1.807, 2.05) is 12.2 Å². The zero-order valence-electron chi connectivity index (χ0n) is 10.6. The molecule has 0 fully saturated rings. The molecular formula is C15H17BrClNO. The fourth-order valence-corrected chi connectivity index (χ4v) is 3.03. The topological polar surface area (TPSA) is 43.1 Å². The molecule has 2 nitrogen and oxygen atoms in total. The molecule has 4 heteroatoms. The van der Waals surface area contributed by atoms with E-state index in [4.69, 9.17) is 17.3 Å². The predicted molar refractivity (Wildman–Crippen MR) is 83.0 cm³/mol. The van der Waals surface area contributed by atoms with Gasteiger partial charge >= 0.3 is 0 Å². The lowest BCUT2D eigenvalue weighted by Crippen LogP contribution is -2.24. The van der Waals surface area contributed by atoms with Crippen molar-refractivity contribution in [1.29, 1.82) is 0 Å². The highest BCUT2D eigenvalue weighted by Crippen LogP contribution is 2.35. The number of carbonyl (C=O) groups is 1. The van der Waals surface area contributed by atoms with Crippen LogP contribution in [0.2, 0.25) is 0 Å². The van der Waals surface area contributed by atoms with Crippen molar-refractivity contribution in [3.8, 4) is 0 Å². The van der Waals surface area contributed by atoms with Gasteiger partial charge in [0.25, 0.3) is 0 Å². The summed E-state index contributed by atoms with van der Waals surface area (Å²) in [5.74, 6) is 0.179. The summed E-state index contributed by atoms with van der Waals surface area (Å²) in [6, 6.07) is 0. The monoisotopic (exact) mass is 341 g/mol. The molecule has 2 aliphatic rings. The summed E-state index contributed by atoms with van der Waals surface area (Å²) in [6.45, 7) is 0. The lowest BCUT2D eigenvalue weighted by Gasteiger charge is -2.27. The molecule has 2 rings (SSSR count). The Bertz CT molecular complexity index is 479. The molecule has 2 aliphatic carbocycles. The maximum absolute atomic E-state index is 11.3. The van der Waals surface area contributed by atoms with Crippen molar-refractivity contribution in [3.05, 3.63) is 47.1 Å². The average Bonchev–Trinajstić information content (AvgIpc) is 2.38.